The van der Waals surface area contributed by atoms with Gasteiger partial charge in [0.05, 0.1) is 7.11 Å². The largest absolute Gasteiger partial charge is 0.489 e. The molecule has 0 saturated heterocycles. The third kappa shape index (κ3) is 5.02. The summed E-state index contributed by atoms with van der Waals surface area (Å²) in [5.74, 6) is 0.555. The molecular formula is C31H33NO3. The van der Waals surface area contributed by atoms with E-state index in [1.807, 2.05) is 24.3 Å². The van der Waals surface area contributed by atoms with Crippen LogP contribution in [0.2, 0.25) is 0 Å². The number of aromatic amines is 1. The van der Waals surface area contributed by atoms with Gasteiger partial charge in [0.15, 0.2) is 0 Å². The molecule has 4 heteroatoms. The number of aromatic nitrogens is 1. The Morgan fingerprint density at radius 1 is 1.00 bits per heavy atom. The highest BCUT2D eigenvalue weighted by Gasteiger charge is 2.33. The monoisotopic (exact) mass is 467 g/mol. The van der Waals surface area contributed by atoms with Gasteiger partial charge in [0.2, 0.25) is 0 Å². The molecule has 4 rings (SSSR count). The van der Waals surface area contributed by atoms with Gasteiger partial charge in [0.25, 0.3) is 0 Å². The average molecular weight is 468 g/mol. The summed E-state index contributed by atoms with van der Waals surface area (Å²) in [5, 5.41) is 1.20. The zero-order valence-electron chi connectivity index (χ0n) is 20.9. The molecular weight excluding hydrogens is 434 g/mol. The summed E-state index contributed by atoms with van der Waals surface area (Å²) in [6.07, 6.45) is 7.31. The van der Waals surface area contributed by atoms with Crippen molar-refractivity contribution in [3.05, 3.63) is 107 Å². The van der Waals surface area contributed by atoms with Crippen molar-refractivity contribution in [2.45, 2.75) is 45.6 Å². The number of fused-ring (bicyclic) bond motifs is 1. The van der Waals surface area contributed by atoms with E-state index in [-0.39, 0.29) is 11.4 Å². The number of H-pyrrole nitrogens is 1. The van der Waals surface area contributed by atoms with E-state index in [4.69, 9.17) is 9.47 Å². The topological polar surface area (TPSA) is 51.3 Å². The van der Waals surface area contributed by atoms with Gasteiger partial charge in [-0.25, -0.2) is 4.79 Å². The number of benzene rings is 3. The van der Waals surface area contributed by atoms with Crippen molar-refractivity contribution in [1.29, 1.82) is 0 Å². The van der Waals surface area contributed by atoms with E-state index in [1.54, 1.807) is 6.08 Å². The first-order valence-electron chi connectivity index (χ1n) is 12.2. The molecule has 0 fully saturated rings. The zero-order chi connectivity index (χ0) is 24.8. The van der Waals surface area contributed by atoms with E-state index in [2.05, 4.69) is 74.4 Å². The Morgan fingerprint density at radius 2 is 1.77 bits per heavy atom. The summed E-state index contributed by atoms with van der Waals surface area (Å²) in [7, 11) is 1.38. The lowest BCUT2D eigenvalue weighted by atomic mass is 9.70. The number of aryl methyl sites for hydroxylation is 1. The lowest BCUT2D eigenvalue weighted by molar-refractivity contribution is -0.134. The summed E-state index contributed by atoms with van der Waals surface area (Å²) in [6.45, 7) is 7.19. The molecule has 0 bridgehead atoms. The molecule has 3 aromatic carbocycles. The normalized spacial score (nSPS) is 11.8. The van der Waals surface area contributed by atoms with Gasteiger partial charge >= 0.3 is 5.97 Å². The van der Waals surface area contributed by atoms with Gasteiger partial charge in [0, 0.05) is 28.6 Å². The third-order valence-corrected chi connectivity index (χ3v) is 7.01. The molecule has 0 amide bonds. The summed E-state index contributed by atoms with van der Waals surface area (Å²) in [6, 6.07) is 23.1. The molecule has 35 heavy (non-hydrogen) atoms. The van der Waals surface area contributed by atoms with Crippen molar-refractivity contribution >= 4 is 22.9 Å². The van der Waals surface area contributed by atoms with Crippen molar-refractivity contribution < 1.29 is 14.3 Å². The van der Waals surface area contributed by atoms with Crippen LogP contribution in [-0.4, -0.2) is 18.1 Å². The predicted octanol–water partition coefficient (Wildman–Crippen LogP) is 7.35. The van der Waals surface area contributed by atoms with Crippen molar-refractivity contribution in [3.63, 3.8) is 0 Å². The van der Waals surface area contributed by atoms with Crippen LogP contribution in [0.5, 0.6) is 5.75 Å². The van der Waals surface area contributed by atoms with Gasteiger partial charge in [-0.3, -0.25) is 0 Å². The minimum atomic E-state index is -0.361. The van der Waals surface area contributed by atoms with Crippen molar-refractivity contribution in [2.75, 3.05) is 7.11 Å². The summed E-state index contributed by atoms with van der Waals surface area (Å²) in [4.78, 5) is 14.9. The number of nitrogens with one attached hydrogen (secondary N) is 1. The SMILES string of the molecule is CCC(CC)(c1ccc(OCc2ccccc2)c(C)c1)c1c[nH]c2cc(C=CC(=O)OC)ccc12. The molecule has 4 aromatic rings. The number of esters is 1. The van der Waals surface area contributed by atoms with Crippen LogP contribution in [0.1, 0.15) is 54.5 Å². The van der Waals surface area contributed by atoms with Crippen LogP contribution in [0.4, 0.5) is 0 Å². The van der Waals surface area contributed by atoms with E-state index < -0.39 is 0 Å². The van der Waals surface area contributed by atoms with E-state index in [9.17, 15) is 4.79 Å². The van der Waals surface area contributed by atoms with E-state index in [0.29, 0.717) is 6.61 Å². The fourth-order valence-electron chi connectivity index (χ4n) is 4.91. The molecule has 1 heterocycles. The van der Waals surface area contributed by atoms with Gasteiger partial charge in [-0.1, -0.05) is 68.4 Å². The first-order chi connectivity index (χ1) is 17.0. The van der Waals surface area contributed by atoms with Crippen LogP contribution < -0.4 is 4.74 Å². The summed E-state index contributed by atoms with van der Waals surface area (Å²) < 4.78 is 10.8. The van der Waals surface area contributed by atoms with Crippen LogP contribution in [0, 0.1) is 6.92 Å². The molecule has 0 saturated carbocycles. The Bertz CT molecular complexity index is 1330. The minimum absolute atomic E-state index is 0.121. The maximum Gasteiger partial charge on any atom is 0.330 e. The number of carbonyl (C=O) groups excluding carboxylic acids is 1. The number of carbonyl (C=O) groups is 1. The molecule has 1 aromatic heterocycles. The first-order valence-corrected chi connectivity index (χ1v) is 12.2. The highest BCUT2D eigenvalue weighted by atomic mass is 16.5. The number of methoxy groups -OCH3 is 1. The standard InChI is InChI=1S/C31H33NO3/c1-5-31(6-2,25-14-16-29(22(3)18-25)35-21-24-10-8-7-9-11-24)27-20-32-28-19-23(12-15-26(27)28)13-17-30(33)34-4/h7-20,32H,5-6,21H2,1-4H3. The Morgan fingerprint density at radius 3 is 2.46 bits per heavy atom. The molecule has 1 N–H and O–H groups in total. The van der Waals surface area contributed by atoms with Crippen LogP contribution in [0.3, 0.4) is 0 Å². The number of hydrogen-bond donors (Lipinski definition) is 1. The molecule has 0 radical (unpaired) electrons. The van der Waals surface area contributed by atoms with E-state index >= 15 is 0 Å². The quantitative estimate of drug-likeness (QED) is 0.207. The van der Waals surface area contributed by atoms with Crippen molar-refractivity contribution in [1.82, 2.24) is 4.98 Å². The average Bonchev–Trinajstić information content (AvgIpc) is 3.32. The van der Waals surface area contributed by atoms with Gasteiger partial charge in [-0.2, -0.15) is 0 Å². The second kappa shape index (κ2) is 10.6. The molecule has 0 aliphatic rings. The van der Waals surface area contributed by atoms with Crippen molar-refractivity contribution in [2.24, 2.45) is 0 Å². The second-order valence-corrected chi connectivity index (χ2v) is 8.91. The van der Waals surface area contributed by atoms with Gasteiger partial charge < -0.3 is 14.5 Å². The molecule has 0 unspecified atom stereocenters. The molecule has 0 aliphatic carbocycles. The number of ether oxygens (including phenoxy) is 2. The summed E-state index contributed by atoms with van der Waals surface area (Å²) >= 11 is 0. The number of hydrogen-bond acceptors (Lipinski definition) is 3. The minimum Gasteiger partial charge on any atom is -0.489 e. The highest BCUT2D eigenvalue weighted by Crippen LogP contribution is 2.43. The van der Waals surface area contributed by atoms with Gasteiger partial charge in [0.1, 0.15) is 12.4 Å². The fraction of sp³-hybridized carbons (Fsp3) is 0.258. The lowest BCUT2D eigenvalue weighted by Crippen LogP contribution is -2.26. The Labute approximate surface area is 207 Å². The molecule has 0 spiro atoms. The molecule has 0 aliphatic heterocycles. The Balaban J connectivity index is 1.65. The summed E-state index contributed by atoms with van der Waals surface area (Å²) in [5.41, 5.74) is 6.76. The second-order valence-electron chi connectivity index (χ2n) is 8.91. The predicted molar refractivity (Wildman–Crippen MR) is 143 cm³/mol. The number of rotatable bonds is 9. The van der Waals surface area contributed by atoms with Crippen LogP contribution in [0.25, 0.3) is 17.0 Å². The lowest BCUT2D eigenvalue weighted by Gasteiger charge is -2.33. The maximum atomic E-state index is 11.5. The maximum absolute atomic E-state index is 11.5. The Kier molecular flexibility index (Phi) is 7.40. The van der Waals surface area contributed by atoms with Crippen LogP contribution >= 0.6 is 0 Å². The Hall–Kier alpha value is -3.79. The fourth-order valence-corrected chi connectivity index (χ4v) is 4.91. The van der Waals surface area contributed by atoms with Crippen molar-refractivity contribution in [3.8, 4) is 5.75 Å². The van der Waals surface area contributed by atoms with Crippen LogP contribution in [-0.2, 0) is 21.6 Å². The van der Waals surface area contributed by atoms with Gasteiger partial charge in [-0.05, 0) is 65.8 Å². The van der Waals surface area contributed by atoms with Gasteiger partial charge in [-0.15, -0.1) is 0 Å². The van der Waals surface area contributed by atoms with E-state index in [0.717, 1.165) is 40.8 Å². The molecule has 4 nitrogen and oxygen atoms in total. The zero-order valence-corrected chi connectivity index (χ0v) is 20.9. The highest BCUT2D eigenvalue weighted by molar-refractivity contribution is 5.90. The smallest absolute Gasteiger partial charge is 0.330 e. The van der Waals surface area contributed by atoms with E-state index in [1.165, 1.54) is 29.7 Å². The molecule has 180 valence electrons. The third-order valence-electron chi connectivity index (χ3n) is 7.01. The molecule has 0 atom stereocenters. The first kappa shape index (κ1) is 24.3. The van der Waals surface area contributed by atoms with Crippen LogP contribution in [0.15, 0.2) is 79.0 Å².